The van der Waals surface area contributed by atoms with Crippen LogP contribution in [0.5, 0.6) is 0 Å². The summed E-state index contributed by atoms with van der Waals surface area (Å²) < 4.78 is 6.92. The Morgan fingerprint density at radius 3 is 3.00 bits per heavy atom. The van der Waals surface area contributed by atoms with E-state index in [1.54, 1.807) is 6.92 Å². The van der Waals surface area contributed by atoms with Crippen molar-refractivity contribution in [3.8, 4) is 0 Å². The number of nitrogens with zero attached hydrogens (tertiary/aromatic N) is 2. The smallest absolute Gasteiger partial charge is 0.407 e. The molecule has 0 bridgehead atoms. The molecule has 1 N–H and O–H groups in total. The fourth-order valence-corrected chi connectivity index (χ4v) is 2.52. The minimum atomic E-state index is -0.471. The van der Waals surface area contributed by atoms with E-state index in [9.17, 15) is 9.59 Å². The Morgan fingerprint density at radius 2 is 2.25 bits per heavy atom. The molecule has 0 saturated heterocycles. The molecule has 110 valence electrons. The Bertz CT molecular complexity index is 484. The lowest BCUT2D eigenvalue weighted by Crippen LogP contribution is -2.42. The van der Waals surface area contributed by atoms with Gasteiger partial charge in [0.25, 0.3) is 0 Å². The molecule has 1 aliphatic heterocycles. The number of hydrogen-bond donors (Lipinski definition) is 1. The minimum Gasteiger partial charge on any atom is -0.450 e. The van der Waals surface area contributed by atoms with Gasteiger partial charge in [-0.1, -0.05) is 0 Å². The molecular weight excluding hydrogens is 258 g/mol. The van der Waals surface area contributed by atoms with Crippen molar-refractivity contribution < 1.29 is 14.3 Å². The standard InChI is InChI=1S/C14H21N3O3/c1-3-20-14(19)15-7-6-13(18)17-10-9-16-8-4-5-12(16)11(17)2/h4-5,8,11H,3,6-7,9-10H2,1-2H3,(H,15,19)/t11-/m0/s1. The Labute approximate surface area is 118 Å². The van der Waals surface area contributed by atoms with Crippen LogP contribution < -0.4 is 5.32 Å². The molecule has 2 rings (SSSR count). The van der Waals surface area contributed by atoms with Gasteiger partial charge in [0.05, 0.1) is 12.6 Å². The molecule has 0 saturated carbocycles. The van der Waals surface area contributed by atoms with Gasteiger partial charge in [-0.05, 0) is 26.0 Å². The summed E-state index contributed by atoms with van der Waals surface area (Å²) in [5, 5.41) is 2.57. The number of aromatic nitrogens is 1. The number of fused-ring (bicyclic) bond motifs is 1. The van der Waals surface area contributed by atoms with E-state index in [1.807, 2.05) is 30.2 Å². The van der Waals surface area contributed by atoms with Crippen LogP contribution in [0.25, 0.3) is 0 Å². The fourth-order valence-electron chi connectivity index (χ4n) is 2.52. The summed E-state index contributed by atoms with van der Waals surface area (Å²) in [7, 11) is 0. The number of carbonyl (C=O) groups is 2. The second kappa shape index (κ2) is 6.45. The summed E-state index contributed by atoms with van der Waals surface area (Å²) in [5.74, 6) is 0.0572. The third-order valence-corrected chi connectivity index (χ3v) is 3.55. The lowest BCUT2D eigenvalue weighted by molar-refractivity contribution is -0.134. The number of carbonyl (C=O) groups excluding carboxylic acids is 2. The highest BCUT2D eigenvalue weighted by Crippen LogP contribution is 2.25. The Morgan fingerprint density at radius 1 is 1.45 bits per heavy atom. The van der Waals surface area contributed by atoms with Gasteiger partial charge < -0.3 is 19.5 Å². The number of ether oxygens (including phenoxy) is 1. The average Bonchev–Trinajstić information content (AvgIpc) is 2.88. The van der Waals surface area contributed by atoms with Gasteiger partial charge in [-0.25, -0.2) is 4.79 Å². The van der Waals surface area contributed by atoms with Crippen molar-refractivity contribution in [2.24, 2.45) is 0 Å². The Kier molecular flexibility index (Phi) is 4.65. The van der Waals surface area contributed by atoms with Crippen molar-refractivity contribution in [1.82, 2.24) is 14.8 Å². The van der Waals surface area contributed by atoms with Crippen molar-refractivity contribution in [2.75, 3.05) is 19.7 Å². The monoisotopic (exact) mass is 279 g/mol. The van der Waals surface area contributed by atoms with Crippen LogP contribution >= 0.6 is 0 Å². The molecule has 1 atom stereocenters. The number of nitrogens with one attached hydrogen (secondary N) is 1. The van der Waals surface area contributed by atoms with Gasteiger partial charge in [-0.15, -0.1) is 0 Å². The van der Waals surface area contributed by atoms with Crippen molar-refractivity contribution in [3.05, 3.63) is 24.0 Å². The Hall–Kier alpha value is -1.98. The van der Waals surface area contributed by atoms with Crippen LogP contribution in [-0.2, 0) is 16.1 Å². The summed E-state index contributed by atoms with van der Waals surface area (Å²) in [5.41, 5.74) is 1.16. The van der Waals surface area contributed by atoms with E-state index in [0.717, 1.165) is 12.2 Å². The maximum Gasteiger partial charge on any atom is 0.407 e. The molecular formula is C14H21N3O3. The van der Waals surface area contributed by atoms with Crippen LogP contribution in [0.15, 0.2) is 18.3 Å². The molecule has 6 heteroatoms. The van der Waals surface area contributed by atoms with E-state index in [2.05, 4.69) is 9.88 Å². The Balaban J connectivity index is 1.83. The highest BCUT2D eigenvalue weighted by atomic mass is 16.5. The first-order valence-corrected chi connectivity index (χ1v) is 6.98. The predicted molar refractivity (Wildman–Crippen MR) is 74.2 cm³/mol. The van der Waals surface area contributed by atoms with Gasteiger partial charge in [-0.3, -0.25) is 4.79 Å². The number of alkyl carbamates (subject to hydrolysis) is 1. The zero-order valence-electron chi connectivity index (χ0n) is 12.0. The molecule has 2 heterocycles. The summed E-state index contributed by atoms with van der Waals surface area (Å²) in [6, 6.07) is 4.12. The second-order valence-corrected chi connectivity index (χ2v) is 4.79. The van der Waals surface area contributed by atoms with Crippen molar-refractivity contribution in [1.29, 1.82) is 0 Å². The van der Waals surface area contributed by atoms with Crippen LogP contribution in [0.2, 0.25) is 0 Å². The van der Waals surface area contributed by atoms with E-state index >= 15 is 0 Å². The second-order valence-electron chi connectivity index (χ2n) is 4.79. The van der Waals surface area contributed by atoms with E-state index in [-0.39, 0.29) is 11.9 Å². The van der Waals surface area contributed by atoms with E-state index in [1.165, 1.54) is 0 Å². The lowest BCUT2D eigenvalue weighted by atomic mass is 10.1. The molecule has 1 aliphatic rings. The van der Waals surface area contributed by atoms with Crippen LogP contribution in [0.3, 0.4) is 0 Å². The molecule has 0 aromatic carbocycles. The molecule has 2 amide bonds. The van der Waals surface area contributed by atoms with Gasteiger partial charge >= 0.3 is 6.09 Å². The largest absolute Gasteiger partial charge is 0.450 e. The molecule has 1 aromatic rings. The SMILES string of the molecule is CCOC(=O)NCCC(=O)N1CCn2cccc2[C@@H]1C. The zero-order chi connectivity index (χ0) is 14.5. The van der Waals surface area contributed by atoms with Crippen molar-refractivity contribution >= 4 is 12.0 Å². The third kappa shape index (κ3) is 3.12. The van der Waals surface area contributed by atoms with Crippen molar-refractivity contribution in [2.45, 2.75) is 32.9 Å². The lowest BCUT2D eigenvalue weighted by Gasteiger charge is -2.35. The predicted octanol–water partition coefficient (Wildman–Crippen LogP) is 1.53. The first-order chi connectivity index (χ1) is 9.63. The molecule has 0 aliphatic carbocycles. The topological polar surface area (TPSA) is 63.6 Å². The summed E-state index contributed by atoms with van der Waals surface area (Å²) in [6.45, 7) is 5.95. The molecule has 1 aromatic heterocycles. The molecule has 0 fully saturated rings. The van der Waals surface area contributed by atoms with Crippen LogP contribution in [0.1, 0.15) is 32.0 Å². The van der Waals surface area contributed by atoms with Crippen LogP contribution in [0.4, 0.5) is 4.79 Å². The minimum absolute atomic E-state index is 0.0572. The van der Waals surface area contributed by atoms with Gasteiger partial charge in [-0.2, -0.15) is 0 Å². The quantitative estimate of drug-likeness (QED) is 0.909. The fraction of sp³-hybridized carbons (Fsp3) is 0.571. The molecule has 20 heavy (non-hydrogen) atoms. The average molecular weight is 279 g/mol. The molecule has 0 unspecified atom stereocenters. The van der Waals surface area contributed by atoms with Gasteiger partial charge in [0.1, 0.15) is 0 Å². The van der Waals surface area contributed by atoms with E-state index in [4.69, 9.17) is 4.74 Å². The van der Waals surface area contributed by atoms with Gasteiger partial charge in [0, 0.05) is 37.9 Å². The van der Waals surface area contributed by atoms with Crippen LogP contribution in [0, 0.1) is 0 Å². The zero-order valence-corrected chi connectivity index (χ0v) is 12.0. The summed E-state index contributed by atoms with van der Waals surface area (Å²) in [4.78, 5) is 25.2. The summed E-state index contributed by atoms with van der Waals surface area (Å²) in [6.07, 6.45) is 1.86. The maximum atomic E-state index is 12.2. The molecule has 0 spiro atoms. The van der Waals surface area contributed by atoms with Crippen LogP contribution in [-0.4, -0.2) is 41.2 Å². The third-order valence-electron chi connectivity index (χ3n) is 3.55. The van der Waals surface area contributed by atoms with E-state index < -0.39 is 6.09 Å². The summed E-state index contributed by atoms with van der Waals surface area (Å²) >= 11 is 0. The van der Waals surface area contributed by atoms with Gasteiger partial charge in [0.15, 0.2) is 0 Å². The van der Waals surface area contributed by atoms with E-state index in [0.29, 0.717) is 26.1 Å². The normalized spacial score (nSPS) is 17.5. The number of amides is 2. The number of rotatable bonds is 4. The molecule has 6 nitrogen and oxygen atoms in total. The first-order valence-electron chi connectivity index (χ1n) is 6.98. The number of hydrogen-bond acceptors (Lipinski definition) is 3. The highest BCUT2D eigenvalue weighted by molar-refractivity contribution is 5.77. The van der Waals surface area contributed by atoms with Gasteiger partial charge in [0.2, 0.25) is 5.91 Å². The maximum absolute atomic E-state index is 12.2. The van der Waals surface area contributed by atoms with Crippen molar-refractivity contribution in [3.63, 3.8) is 0 Å². The highest BCUT2D eigenvalue weighted by Gasteiger charge is 2.26. The molecule has 0 radical (unpaired) electrons. The first kappa shape index (κ1) is 14.4.